The molecule has 2 heterocycles. The standard InChI is InChI=1S/C28H21Br4N2O3P/c29-17-1-5-25-21(13-17)22-14-18(30)2-6-26(22)33(25)9-11-36-38(35)37-12-10-34-27-7-3-19(31)15-23(27)24-16-20(32)4-8-28(24)34/h1-8,13-16,38H,9-12H2. The van der Waals surface area contributed by atoms with Gasteiger partial charge in [-0.1, -0.05) is 63.7 Å². The highest BCUT2D eigenvalue weighted by molar-refractivity contribution is 9.11. The molecule has 6 rings (SSSR count). The van der Waals surface area contributed by atoms with Crippen molar-refractivity contribution in [2.45, 2.75) is 13.1 Å². The predicted molar refractivity (Wildman–Crippen MR) is 171 cm³/mol. The average Bonchev–Trinajstić information content (AvgIpc) is 3.35. The molecular formula is C28H21Br4N2O3P. The van der Waals surface area contributed by atoms with E-state index in [2.05, 4.69) is 121 Å². The van der Waals surface area contributed by atoms with Gasteiger partial charge in [-0.25, -0.2) is 0 Å². The Morgan fingerprint density at radius 2 is 0.816 bits per heavy atom. The Labute approximate surface area is 253 Å². The minimum atomic E-state index is -2.64. The first-order valence-corrected chi connectivity index (χ1v) is 16.3. The molecule has 0 N–H and O–H groups in total. The Balaban J connectivity index is 1.14. The molecule has 0 fully saturated rings. The predicted octanol–water partition coefficient (Wildman–Crippen LogP) is 10.1. The van der Waals surface area contributed by atoms with Gasteiger partial charge < -0.3 is 18.2 Å². The van der Waals surface area contributed by atoms with Gasteiger partial charge >= 0.3 is 8.25 Å². The Morgan fingerprint density at radius 1 is 0.526 bits per heavy atom. The van der Waals surface area contributed by atoms with Gasteiger partial charge in [-0.15, -0.1) is 0 Å². The second kappa shape index (κ2) is 11.2. The minimum absolute atomic E-state index is 0.292. The molecule has 0 amide bonds. The minimum Gasteiger partial charge on any atom is -0.338 e. The lowest BCUT2D eigenvalue weighted by atomic mass is 10.2. The van der Waals surface area contributed by atoms with E-state index in [0.29, 0.717) is 26.3 Å². The van der Waals surface area contributed by atoms with Crippen LogP contribution in [0.15, 0.2) is 90.7 Å². The second-order valence-corrected chi connectivity index (χ2v) is 13.6. The molecule has 0 spiro atoms. The van der Waals surface area contributed by atoms with Crippen LogP contribution in [0.1, 0.15) is 0 Å². The fourth-order valence-corrected chi connectivity index (χ4v) is 7.10. The SMILES string of the molecule is O=[PH](OCCn1c2ccc(Br)cc2c2cc(Br)ccc21)OCCn1c2ccc(Br)cc2c2cc(Br)ccc21. The van der Waals surface area contributed by atoms with Crippen LogP contribution in [0.4, 0.5) is 0 Å². The molecule has 0 aliphatic rings. The van der Waals surface area contributed by atoms with Crippen LogP contribution in [0, 0.1) is 0 Å². The third-order valence-corrected chi connectivity index (χ3v) is 9.50. The Bertz CT molecular complexity index is 1610. The third kappa shape index (κ3) is 5.19. The molecule has 0 aliphatic heterocycles. The van der Waals surface area contributed by atoms with Gasteiger partial charge in [-0.2, -0.15) is 0 Å². The molecule has 0 radical (unpaired) electrons. The third-order valence-electron chi connectivity index (χ3n) is 6.65. The molecule has 0 saturated carbocycles. The van der Waals surface area contributed by atoms with Crippen LogP contribution >= 0.6 is 72.0 Å². The Kier molecular flexibility index (Phi) is 7.89. The smallest absolute Gasteiger partial charge is 0.319 e. The highest BCUT2D eigenvalue weighted by Crippen LogP contribution is 2.35. The first-order valence-electron chi connectivity index (χ1n) is 11.9. The number of fused-ring (bicyclic) bond motifs is 6. The van der Waals surface area contributed by atoms with E-state index in [0.717, 1.165) is 61.5 Å². The fourth-order valence-electron chi connectivity index (χ4n) is 5.06. The van der Waals surface area contributed by atoms with E-state index < -0.39 is 8.25 Å². The van der Waals surface area contributed by atoms with Gasteiger partial charge in [0.15, 0.2) is 0 Å². The van der Waals surface area contributed by atoms with Crippen LogP contribution in [-0.2, 0) is 26.7 Å². The maximum absolute atomic E-state index is 12.6. The summed E-state index contributed by atoms with van der Waals surface area (Å²) in [6, 6.07) is 25.0. The van der Waals surface area contributed by atoms with E-state index in [1.807, 2.05) is 24.3 Å². The quantitative estimate of drug-likeness (QED) is 0.145. The summed E-state index contributed by atoms with van der Waals surface area (Å²) in [5, 5.41) is 4.63. The van der Waals surface area contributed by atoms with Gasteiger partial charge in [0, 0.05) is 74.6 Å². The van der Waals surface area contributed by atoms with Crippen molar-refractivity contribution in [2.75, 3.05) is 13.2 Å². The zero-order chi connectivity index (χ0) is 26.4. The summed E-state index contributed by atoms with van der Waals surface area (Å²) < 4.78 is 32.5. The van der Waals surface area contributed by atoms with Gasteiger partial charge in [-0.3, -0.25) is 4.57 Å². The summed E-state index contributed by atoms with van der Waals surface area (Å²) in [7, 11) is -2.64. The number of aromatic nitrogens is 2. The molecule has 4 aromatic carbocycles. The first-order chi connectivity index (χ1) is 18.4. The lowest BCUT2D eigenvalue weighted by Gasteiger charge is -2.10. The lowest BCUT2D eigenvalue weighted by molar-refractivity contribution is 0.216. The summed E-state index contributed by atoms with van der Waals surface area (Å²) in [5.41, 5.74) is 4.43. The highest BCUT2D eigenvalue weighted by Gasteiger charge is 2.14. The van der Waals surface area contributed by atoms with Gasteiger partial charge in [0.05, 0.1) is 13.2 Å². The van der Waals surface area contributed by atoms with Crippen LogP contribution in [0.25, 0.3) is 43.6 Å². The zero-order valence-electron chi connectivity index (χ0n) is 19.9. The van der Waals surface area contributed by atoms with Crippen molar-refractivity contribution < 1.29 is 13.6 Å². The van der Waals surface area contributed by atoms with Gasteiger partial charge in [0.25, 0.3) is 0 Å². The summed E-state index contributed by atoms with van der Waals surface area (Å²) in [6.45, 7) is 1.72. The molecule has 2 aromatic heterocycles. The molecule has 0 bridgehead atoms. The molecule has 0 saturated heterocycles. The highest BCUT2D eigenvalue weighted by atomic mass is 79.9. The average molecular weight is 784 g/mol. The van der Waals surface area contributed by atoms with Crippen molar-refractivity contribution in [3.05, 3.63) is 90.7 Å². The van der Waals surface area contributed by atoms with E-state index in [1.165, 1.54) is 0 Å². The summed E-state index contributed by atoms with van der Waals surface area (Å²) in [6.07, 6.45) is 0. The molecule has 0 unspecified atom stereocenters. The number of hydrogen-bond acceptors (Lipinski definition) is 3. The number of hydrogen-bond donors (Lipinski definition) is 0. The maximum atomic E-state index is 12.6. The van der Waals surface area contributed by atoms with Crippen LogP contribution in [0.2, 0.25) is 0 Å². The van der Waals surface area contributed by atoms with Gasteiger partial charge in [-0.05, 0) is 72.8 Å². The zero-order valence-corrected chi connectivity index (χ0v) is 27.2. The Hall–Kier alpha value is -1.45. The molecule has 10 heteroatoms. The van der Waals surface area contributed by atoms with Gasteiger partial charge in [0.2, 0.25) is 0 Å². The van der Waals surface area contributed by atoms with E-state index in [9.17, 15) is 4.57 Å². The molecule has 6 aromatic rings. The van der Waals surface area contributed by atoms with Crippen molar-refractivity contribution in [1.82, 2.24) is 9.13 Å². The number of rotatable bonds is 8. The van der Waals surface area contributed by atoms with E-state index in [-0.39, 0.29) is 0 Å². The van der Waals surface area contributed by atoms with Crippen molar-refractivity contribution in [3.63, 3.8) is 0 Å². The van der Waals surface area contributed by atoms with Crippen molar-refractivity contribution in [2.24, 2.45) is 0 Å². The van der Waals surface area contributed by atoms with E-state index in [4.69, 9.17) is 9.05 Å². The number of benzene rings is 4. The van der Waals surface area contributed by atoms with Crippen LogP contribution in [0.5, 0.6) is 0 Å². The molecule has 38 heavy (non-hydrogen) atoms. The summed E-state index contributed by atoms with van der Waals surface area (Å²) in [4.78, 5) is 0. The monoisotopic (exact) mass is 780 g/mol. The van der Waals surface area contributed by atoms with Crippen LogP contribution in [-0.4, -0.2) is 22.3 Å². The lowest BCUT2D eigenvalue weighted by Crippen LogP contribution is -2.05. The normalized spacial score (nSPS) is 12.1. The van der Waals surface area contributed by atoms with E-state index in [1.54, 1.807) is 0 Å². The van der Waals surface area contributed by atoms with Crippen LogP contribution < -0.4 is 0 Å². The molecule has 0 aliphatic carbocycles. The maximum Gasteiger partial charge on any atom is 0.319 e. The number of nitrogens with zero attached hydrogens (tertiary/aromatic N) is 2. The molecule has 194 valence electrons. The summed E-state index contributed by atoms with van der Waals surface area (Å²) >= 11 is 14.3. The Morgan fingerprint density at radius 3 is 1.11 bits per heavy atom. The number of halogens is 4. The topological polar surface area (TPSA) is 45.4 Å². The molecular weight excluding hydrogens is 763 g/mol. The van der Waals surface area contributed by atoms with E-state index >= 15 is 0 Å². The van der Waals surface area contributed by atoms with Crippen molar-refractivity contribution >= 4 is 116 Å². The largest absolute Gasteiger partial charge is 0.338 e. The summed E-state index contributed by atoms with van der Waals surface area (Å²) in [5.74, 6) is 0. The first kappa shape index (κ1) is 26.8. The second-order valence-electron chi connectivity index (χ2n) is 8.90. The van der Waals surface area contributed by atoms with Crippen molar-refractivity contribution in [1.29, 1.82) is 0 Å². The van der Waals surface area contributed by atoms with Crippen molar-refractivity contribution in [3.8, 4) is 0 Å². The molecule has 5 nitrogen and oxygen atoms in total. The van der Waals surface area contributed by atoms with Crippen LogP contribution in [0.3, 0.4) is 0 Å². The fraction of sp³-hybridized carbons (Fsp3) is 0.143. The van der Waals surface area contributed by atoms with Gasteiger partial charge in [0.1, 0.15) is 0 Å². The molecule has 0 atom stereocenters.